The monoisotopic (exact) mass is 580 g/mol. The molecule has 0 spiro atoms. The average Bonchev–Trinajstić information content (AvgIpc) is 2.93. The Balaban J connectivity index is 1.62. The topological polar surface area (TPSA) is 104 Å². The van der Waals surface area contributed by atoms with Crippen molar-refractivity contribution < 1.29 is 19.1 Å². The van der Waals surface area contributed by atoms with E-state index in [0.717, 1.165) is 73.5 Å². The number of hydrogen-bond donors (Lipinski definition) is 2. The lowest BCUT2D eigenvalue weighted by molar-refractivity contribution is 0.0204. The predicted octanol–water partition coefficient (Wildman–Crippen LogP) is 5.35. The van der Waals surface area contributed by atoms with Gasteiger partial charge in [0.1, 0.15) is 5.60 Å². The second-order valence-electron chi connectivity index (χ2n) is 12.7. The Bertz CT molecular complexity index is 1330. The largest absolute Gasteiger partial charge is 0.444 e. The van der Waals surface area contributed by atoms with Crippen LogP contribution in [-0.4, -0.2) is 66.4 Å². The molecule has 0 radical (unpaired) electrons. The molecule has 2 fully saturated rings. The number of benzene rings is 1. The minimum atomic E-state index is -0.530. The highest BCUT2D eigenvalue weighted by molar-refractivity contribution is 5.97. The fourth-order valence-electron chi connectivity index (χ4n) is 6.20. The van der Waals surface area contributed by atoms with Crippen LogP contribution in [0.1, 0.15) is 97.6 Å². The van der Waals surface area contributed by atoms with Gasteiger partial charge in [0.15, 0.2) is 0 Å². The van der Waals surface area contributed by atoms with Crippen LogP contribution in [0.25, 0.3) is 0 Å². The number of H-pyrrole nitrogens is 1. The molecule has 4 rings (SSSR count). The van der Waals surface area contributed by atoms with Crippen LogP contribution in [0.5, 0.6) is 0 Å². The molecule has 2 amide bonds. The van der Waals surface area contributed by atoms with Gasteiger partial charge in [-0.05, 0) is 115 Å². The lowest BCUT2D eigenvalue weighted by Crippen LogP contribution is -2.41. The van der Waals surface area contributed by atoms with E-state index in [1.54, 1.807) is 4.90 Å². The summed E-state index contributed by atoms with van der Waals surface area (Å²) in [5.41, 5.74) is 5.27. The number of anilines is 1. The number of likely N-dealkylation sites (tertiary alicyclic amines) is 1. The first-order valence-electron chi connectivity index (χ1n) is 15.3. The summed E-state index contributed by atoms with van der Waals surface area (Å²) in [6, 6.07) is 6.54. The van der Waals surface area contributed by atoms with E-state index in [0.29, 0.717) is 30.3 Å². The van der Waals surface area contributed by atoms with Gasteiger partial charge in [0.05, 0.1) is 0 Å². The Kier molecular flexibility index (Phi) is 10.0. The minimum absolute atomic E-state index is 0.158. The van der Waals surface area contributed by atoms with Crippen molar-refractivity contribution in [3.05, 3.63) is 62.1 Å². The summed E-state index contributed by atoms with van der Waals surface area (Å²) >= 11 is 0. The number of piperidine rings is 1. The summed E-state index contributed by atoms with van der Waals surface area (Å²) in [5.74, 6) is 0.0226. The molecule has 0 unspecified atom stereocenters. The molecule has 2 aliphatic heterocycles. The lowest BCUT2D eigenvalue weighted by atomic mass is 9.86. The number of amides is 2. The number of carbonyl (C=O) groups excluding carboxylic acids is 2. The van der Waals surface area contributed by atoms with Gasteiger partial charge in [0, 0.05) is 67.9 Å². The maximum Gasteiger partial charge on any atom is 0.410 e. The van der Waals surface area contributed by atoms with Gasteiger partial charge in [-0.2, -0.15) is 0 Å². The van der Waals surface area contributed by atoms with Crippen molar-refractivity contribution in [3.63, 3.8) is 0 Å². The van der Waals surface area contributed by atoms with E-state index in [4.69, 9.17) is 9.47 Å². The van der Waals surface area contributed by atoms with Gasteiger partial charge in [-0.1, -0.05) is 0 Å². The molecule has 3 heterocycles. The molecule has 9 nitrogen and oxygen atoms in total. The van der Waals surface area contributed by atoms with Crippen molar-refractivity contribution in [2.45, 2.75) is 98.3 Å². The molecule has 0 aliphatic carbocycles. The van der Waals surface area contributed by atoms with Crippen LogP contribution in [0.2, 0.25) is 0 Å². The molecule has 230 valence electrons. The molecule has 1 aromatic heterocycles. The summed E-state index contributed by atoms with van der Waals surface area (Å²) in [5, 5.41) is 3.03. The normalized spacial score (nSPS) is 16.8. The number of carbonyl (C=O) groups is 2. The summed E-state index contributed by atoms with van der Waals surface area (Å²) in [6.45, 7) is 17.2. The Morgan fingerprint density at radius 2 is 1.74 bits per heavy atom. The number of nitrogens with zero attached hydrogens (tertiary/aromatic N) is 2. The SMILES string of the molecule is CCN(c1cc(C2CCN(C(=O)OC(C)(C)C)CC2)cc(C(=O)NCc2c(C)cc(C)[nH]c2=O)c1C)C1CCOCC1. The van der Waals surface area contributed by atoms with E-state index in [9.17, 15) is 14.4 Å². The number of aromatic nitrogens is 1. The van der Waals surface area contributed by atoms with Gasteiger partial charge in [-0.15, -0.1) is 0 Å². The third kappa shape index (κ3) is 7.54. The minimum Gasteiger partial charge on any atom is -0.444 e. The number of aromatic amines is 1. The highest BCUT2D eigenvalue weighted by Crippen LogP contribution is 2.36. The Morgan fingerprint density at radius 3 is 2.33 bits per heavy atom. The second-order valence-corrected chi connectivity index (χ2v) is 12.7. The smallest absolute Gasteiger partial charge is 0.410 e. The van der Waals surface area contributed by atoms with Crippen molar-refractivity contribution in [1.29, 1.82) is 0 Å². The zero-order valence-corrected chi connectivity index (χ0v) is 26.4. The molecule has 42 heavy (non-hydrogen) atoms. The molecule has 0 atom stereocenters. The third-order valence-corrected chi connectivity index (χ3v) is 8.47. The number of aryl methyl sites for hydroxylation is 2. The molecule has 2 saturated heterocycles. The van der Waals surface area contributed by atoms with Gasteiger partial charge in [0.2, 0.25) is 0 Å². The van der Waals surface area contributed by atoms with Crippen molar-refractivity contribution in [2.24, 2.45) is 0 Å². The Hall–Kier alpha value is -3.33. The van der Waals surface area contributed by atoms with E-state index in [-0.39, 0.29) is 30.0 Å². The highest BCUT2D eigenvalue weighted by Gasteiger charge is 2.30. The van der Waals surface area contributed by atoms with E-state index in [1.165, 1.54) is 0 Å². The van der Waals surface area contributed by atoms with Crippen LogP contribution < -0.4 is 15.8 Å². The van der Waals surface area contributed by atoms with E-state index in [1.807, 2.05) is 53.7 Å². The van der Waals surface area contributed by atoms with Crippen molar-refractivity contribution >= 4 is 17.7 Å². The van der Waals surface area contributed by atoms with E-state index in [2.05, 4.69) is 28.2 Å². The summed E-state index contributed by atoms with van der Waals surface area (Å²) in [4.78, 5) is 46.0. The molecule has 2 aromatic rings. The first-order chi connectivity index (χ1) is 19.9. The van der Waals surface area contributed by atoms with Crippen LogP contribution in [0.15, 0.2) is 23.0 Å². The first-order valence-corrected chi connectivity index (χ1v) is 15.3. The van der Waals surface area contributed by atoms with Crippen LogP contribution >= 0.6 is 0 Å². The lowest BCUT2D eigenvalue weighted by Gasteiger charge is -2.38. The molecule has 1 aromatic carbocycles. The van der Waals surface area contributed by atoms with Gasteiger partial charge in [-0.3, -0.25) is 9.59 Å². The molecule has 0 saturated carbocycles. The molecule has 2 aliphatic rings. The molecular formula is C33H48N4O5. The fraction of sp³-hybridized carbons (Fsp3) is 0.606. The van der Waals surface area contributed by atoms with Crippen molar-refractivity contribution in [1.82, 2.24) is 15.2 Å². The zero-order chi connectivity index (χ0) is 30.6. The summed E-state index contributed by atoms with van der Waals surface area (Å²) in [7, 11) is 0. The fourth-order valence-corrected chi connectivity index (χ4v) is 6.20. The summed E-state index contributed by atoms with van der Waals surface area (Å²) in [6.07, 6.45) is 3.21. The second kappa shape index (κ2) is 13.3. The number of pyridine rings is 1. The van der Waals surface area contributed by atoms with Crippen molar-refractivity contribution in [3.8, 4) is 0 Å². The molecular weight excluding hydrogens is 532 g/mol. The van der Waals surface area contributed by atoms with Crippen LogP contribution in [0, 0.1) is 20.8 Å². The summed E-state index contributed by atoms with van der Waals surface area (Å²) < 4.78 is 11.2. The van der Waals surface area contributed by atoms with Gasteiger partial charge in [-0.25, -0.2) is 4.79 Å². The number of rotatable bonds is 7. The average molecular weight is 581 g/mol. The first kappa shape index (κ1) is 31.6. The van der Waals surface area contributed by atoms with Gasteiger partial charge in [0.25, 0.3) is 11.5 Å². The van der Waals surface area contributed by atoms with Crippen molar-refractivity contribution in [2.75, 3.05) is 37.7 Å². The predicted molar refractivity (Wildman–Crippen MR) is 166 cm³/mol. The van der Waals surface area contributed by atoms with Crippen LogP contribution in [0.4, 0.5) is 10.5 Å². The van der Waals surface area contributed by atoms with Gasteiger partial charge < -0.3 is 29.6 Å². The molecule has 9 heteroatoms. The quantitative estimate of drug-likeness (QED) is 0.458. The number of ether oxygens (including phenoxy) is 2. The number of nitrogens with one attached hydrogen (secondary N) is 2. The van der Waals surface area contributed by atoms with E-state index >= 15 is 0 Å². The highest BCUT2D eigenvalue weighted by atomic mass is 16.6. The van der Waals surface area contributed by atoms with Crippen LogP contribution in [-0.2, 0) is 16.0 Å². The van der Waals surface area contributed by atoms with Crippen LogP contribution in [0.3, 0.4) is 0 Å². The van der Waals surface area contributed by atoms with E-state index < -0.39 is 5.60 Å². The maximum atomic E-state index is 13.7. The zero-order valence-electron chi connectivity index (χ0n) is 26.4. The maximum absolute atomic E-state index is 13.7. The molecule has 0 bridgehead atoms. The molecule has 2 N–H and O–H groups in total. The standard InChI is InChI=1S/C33H48N4O5/c1-8-37(26-11-15-41-16-12-26)29-19-25(24-9-13-36(14-10-24)32(40)42-33(5,6)7)18-27(23(29)4)30(38)34-20-28-21(2)17-22(3)35-31(28)39/h17-19,24,26H,8-16,20H2,1-7H3,(H,34,38)(H,35,39). The Labute approximate surface area is 250 Å². The third-order valence-electron chi connectivity index (χ3n) is 8.47. The Morgan fingerprint density at radius 1 is 1.07 bits per heavy atom. The van der Waals surface area contributed by atoms with Gasteiger partial charge >= 0.3 is 6.09 Å². The number of hydrogen-bond acceptors (Lipinski definition) is 6.